The fourth-order valence-electron chi connectivity index (χ4n) is 4.31. The first-order valence-electron chi connectivity index (χ1n) is 10.3. The lowest BCUT2D eigenvalue weighted by atomic mass is 9.89. The Morgan fingerprint density at radius 1 is 1.03 bits per heavy atom. The highest BCUT2D eigenvalue weighted by Gasteiger charge is 2.36. The van der Waals surface area contributed by atoms with Crippen molar-refractivity contribution in [3.05, 3.63) is 82.6 Å². The van der Waals surface area contributed by atoms with E-state index in [-0.39, 0.29) is 12.3 Å². The van der Waals surface area contributed by atoms with E-state index in [9.17, 15) is 14.7 Å². The molecule has 1 aliphatic heterocycles. The molecule has 4 aromatic rings. The van der Waals surface area contributed by atoms with E-state index in [4.69, 9.17) is 23.2 Å². The molecule has 1 amide bonds. The van der Waals surface area contributed by atoms with Crippen molar-refractivity contribution in [3.63, 3.8) is 0 Å². The number of halogens is 2. The standard InChI is InChI=1S/C25H17Cl2N3O3/c26-18-9-8-14(11-19(18)27)17-5-3-6-20-23(17)24(29-13-28-20)30-21-7-2-1-4-15(21)10-16(25(30)33)12-22(31)32/h1-9,11,13,16H,10,12H2,(H,31,32). The van der Waals surface area contributed by atoms with Gasteiger partial charge in [0.25, 0.3) is 0 Å². The minimum absolute atomic E-state index is 0.258. The lowest BCUT2D eigenvalue weighted by molar-refractivity contribution is -0.140. The van der Waals surface area contributed by atoms with E-state index in [1.165, 1.54) is 11.2 Å². The van der Waals surface area contributed by atoms with E-state index in [1.54, 1.807) is 12.1 Å². The van der Waals surface area contributed by atoms with Gasteiger partial charge >= 0.3 is 5.97 Å². The van der Waals surface area contributed by atoms with Crippen LogP contribution in [0.2, 0.25) is 10.0 Å². The lowest BCUT2D eigenvalue weighted by Crippen LogP contribution is -2.39. The average Bonchev–Trinajstić information content (AvgIpc) is 2.80. The van der Waals surface area contributed by atoms with Crippen LogP contribution in [-0.2, 0) is 16.0 Å². The van der Waals surface area contributed by atoms with Crippen LogP contribution in [0.25, 0.3) is 22.0 Å². The summed E-state index contributed by atoms with van der Waals surface area (Å²) in [7, 11) is 0. The minimum atomic E-state index is -1.02. The number of carboxylic acid groups (broad SMARTS) is 1. The van der Waals surface area contributed by atoms with Crippen LogP contribution in [0.15, 0.2) is 67.0 Å². The smallest absolute Gasteiger partial charge is 0.304 e. The molecule has 1 aliphatic rings. The van der Waals surface area contributed by atoms with Gasteiger partial charge in [0, 0.05) is 0 Å². The summed E-state index contributed by atoms with van der Waals surface area (Å²) in [6.45, 7) is 0. The molecular formula is C25H17Cl2N3O3. The molecule has 0 saturated carbocycles. The van der Waals surface area contributed by atoms with Crippen molar-refractivity contribution < 1.29 is 14.7 Å². The molecule has 8 heteroatoms. The Labute approximate surface area is 199 Å². The number of fused-ring (bicyclic) bond motifs is 2. The number of benzene rings is 3. The van der Waals surface area contributed by atoms with E-state index < -0.39 is 11.9 Å². The number of hydrogen-bond donors (Lipinski definition) is 1. The summed E-state index contributed by atoms with van der Waals surface area (Å²) in [6.07, 6.45) is 1.51. The van der Waals surface area contributed by atoms with Crippen molar-refractivity contribution in [1.29, 1.82) is 0 Å². The second-order valence-electron chi connectivity index (χ2n) is 7.83. The number of aromatic nitrogens is 2. The van der Waals surface area contributed by atoms with Gasteiger partial charge in [-0.1, -0.05) is 59.6 Å². The van der Waals surface area contributed by atoms with E-state index in [0.29, 0.717) is 38.9 Å². The topological polar surface area (TPSA) is 83.4 Å². The maximum Gasteiger partial charge on any atom is 0.304 e. The van der Waals surface area contributed by atoms with Crippen LogP contribution in [0.3, 0.4) is 0 Å². The van der Waals surface area contributed by atoms with Gasteiger partial charge in [-0.3, -0.25) is 14.5 Å². The first-order chi connectivity index (χ1) is 15.9. The van der Waals surface area contributed by atoms with Gasteiger partial charge in [-0.2, -0.15) is 0 Å². The Morgan fingerprint density at radius 2 is 1.85 bits per heavy atom. The summed E-state index contributed by atoms with van der Waals surface area (Å²) >= 11 is 12.4. The largest absolute Gasteiger partial charge is 0.481 e. The Kier molecular flexibility index (Phi) is 5.48. The van der Waals surface area contributed by atoms with Crippen molar-refractivity contribution in [2.75, 3.05) is 4.90 Å². The zero-order valence-corrected chi connectivity index (χ0v) is 18.7. The van der Waals surface area contributed by atoms with Crippen LogP contribution in [0.1, 0.15) is 12.0 Å². The third kappa shape index (κ3) is 3.81. The number of para-hydroxylation sites is 1. The first-order valence-corrected chi connectivity index (χ1v) is 11.0. The van der Waals surface area contributed by atoms with E-state index >= 15 is 0 Å². The number of amides is 1. The summed E-state index contributed by atoms with van der Waals surface area (Å²) < 4.78 is 0. The molecule has 5 rings (SSSR count). The molecule has 33 heavy (non-hydrogen) atoms. The summed E-state index contributed by atoms with van der Waals surface area (Å²) in [5, 5.41) is 10.9. The number of carboxylic acids is 1. The third-order valence-corrected chi connectivity index (χ3v) is 6.51. The minimum Gasteiger partial charge on any atom is -0.481 e. The third-order valence-electron chi connectivity index (χ3n) is 5.77. The number of rotatable bonds is 4. The maximum absolute atomic E-state index is 13.6. The highest BCUT2D eigenvalue weighted by Crippen LogP contribution is 2.42. The lowest BCUT2D eigenvalue weighted by Gasteiger charge is -2.33. The quantitative estimate of drug-likeness (QED) is 0.394. The van der Waals surface area contributed by atoms with E-state index in [2.05, 4.69) is 9.97 Å². The monoisotopic (exact) mass is 477 g/mol. The van der Waals surface area contributed by atoms with Gasteiger partial charge in [-0.25, -0.2) is 9.97 Å². The van der Waals surface area contributed by atoms with Crippen LogP contribution in [0.5, 0.6) is 0 Å². The molecule has 1 atom stereocenters. The van der Waals surface area contributed by atoms with E-state index in [1.807, 2.05) is 48.5 Å². The number of hydrogen-bond acceptors (Lipinski definition) is 4. The van der Waals surface area contributed by atoms with Crippen LogP contribution >= 0.6 is 23.2 Å². The van der Waals surface area contributed by atoms with Crippen molar-refractivity contribution in [1.82, 2.24) is 9.97 Å². The fourth-order valence-corrected chi connectivity index (χ4v) is 4.61. The van der Waals surface area contributed by atoms with Gasteiger partial charge in [-0.05, 0) is 47.4 Å². The zero-order chi connectivity index (χ0) is 23.1. The normalized spacial score (nSPS) is 15.5. The number of aliphatic carboxylic acids is 1. The molecule has 0 spiro atoms. The molecule has 0 saturated heterocycles. The Balaban J connectivity index is 1.77. The van der Waals surface area contributed by atoms with Gasteiger partial charge in [0.1, 0.15) is 6.33 Å². The van der Waals surface area contributed by atoms with Crippen molar-refractivity contribution in [2.24, 2.45) is 5.92 Å². The molecule has 0 radical (unpaired) electrons. The molecule has 3 aromatic carbocycles. The summed E-state index contributed by atoms with van der Waals surface area (Å²) in [4.78, 5) is 35.5. The average molecular weight is 478 g/mol. The summed E-state index contributed by atoms with van der Waals surface area (Å²) in [6, 6.07) is 18.4. The highest BCUT2D eigenvalue weighted by atomic mass is 35.5. The van der Waals surface area contributed by atoms with Gasteiger partial charge in [0.2, 0.25) is 5.91 Å². The number of anilines is 2. The second kappa shape index (κ2) is 8.46. The van der Waals surface area contributed by atoms with Gasteiger partial charge < -0.3 is 5.11 Å². The van der Waals surface area contributed by atoms with Gasteiger partial charge in [-0.15, -0.1) is 0 Å². The van der Waals surface area contributed by atoms with Crippen LogP contribution < -0.4 is 4.90 Å². The van der Waals surface area contributed by atoms with Gasteiger partial charge in [0.15, 0.2) is 5.82 Å². The summed E-state index contributed by atoms with van der Waals surface area (Å²) in [5.41, 5.74) is 3.81. The fraction of sp³-hybridized carbons (Fsp3) is 0.120. The van der Waals surface area contributed by atoms with Crippen molar-refractivity contribution in [3.8, 4) is 11.1 Å². The molecule has 6 nitrogen and oxygen atoms in total. The first kappa shape index (κ1) is 21.4. The molecular weight excluding hydrogens is 461 g/mol. The SMILES string of the molecule is O=C(O)CC1Cc2ccccc2N(c2ncnc3cccc(-c4ccc(Cl)c(Cl)c4)c23)C1=O. The molecule has 1 N–H and O–H groups in total. The van der Waals surface area contributed by atoms with Crippen LogP contribution in [0.4, 0.5) is 11.5 Å². The molecule has 1 aromatic heterocycles. The molecule has 0 aliphatic carbocycles. The summed E-state index contributed by atoms with van der Waals surface area (Å²) in [5.74, 6) is -1.62. The number of nitrogens with zero attached hydrogens (tertiary/aromatic N) is 3. The second-order valence-corrected chi connectivity index (χ2v) is 8.64. The van der Waals surface area contributed by atoms with Crippen LogP contribution in [0, 0.1) is 5.92 Å². The van der Waals surface area contributed by atoms with Crippen molar-refractivity contribution >= 4 is 57.5 Å². The Morgan fingerprint density at radius 3 is 2.64 bits per heavy atom. The maximum atomic E-state index is 13.6. The molecule has 0 fully saturated rings. The molecule has 2 heterocycles. The predicted molar refractivity (Wildman–Crippen MR) is 128 cm³/mol. The van der Waals surface area contributed by atoms with E-state index in [0.717, 1.165) is 16.7 Å². The zero-order valence-electron chi connectivity index (χ0n) is 17.2. The number of carbonyl (C=O) groups is 2. The predicted octanol–water partition coefficient (Wildman–Crippen LogP) is 5.92. The Hall–Kier alpha value is -3.48. The molecule has 1 unspecified atom stereocenters. The Bertz CT molecular complexity index is 1420. The van der Waals surface area contributed by atoms with Gasteiger partial charge in [0.05, 0.1) is 39.0 Å². The number of carbonyl (C=O) groups excluding carboxylic acids is 1. The molecule has 0 bridgehead atoms. The molecule has 164 valence electrons. The van der Waals surface area contributed by atoms with Crippen molar-refractivity contribution in [2.45, 2.75) is 12.8 Å². The van der Waals surface area contributed by atoms with Crippen LogP contribution in [-0.4, -0.2) is 27.0 Å². The highest BCUT2D eigenvalue weighted by molar-refractivity contribution is 6.42.